The number of nitrogens with zero attached hydrogens (tertiary/aromatic N) is 1. The zero-order valence-electron chi connectivity index (χ0n) is 10.8. The van der Waals surface area contributed by atoms with E-state index in [2.05, 4.69) is 0 Å². The molecule has 0 spiro atoms. The second-order valence-corrected chi connectivity index (χ2v) is 5.43. The minimum atomic E-state index is -0.714. The summed E-state index contributed by atoms with van der Waals surface area (Å²) in [5.41, 5.74) is 5.14. The quantitative estimate of drug-likeness (QED) is 0.603. The predicted molar refractivity (Wildman–Crippen MR) is 66.1 cm³/mol. The molecule has 1 amide bonds. The van der Waals surface area contributed by atoms with E-state index < -0.39 is 23.7 Å². The summed E-state index contributed by atoms with van der Waals surface area (Å²) in [6, 6.07) is -1.22. The molecule has 0 bridgehead atoms. The molecule has 0 radical (unpaired) electrons. The summed E-state index contributed by atoms with van der Waals surface area (Å²) < 4.78 is 9.93. The number of nitrogens with two attached hydrogens (primary N) is 1. The van der Waals surface area contributed by atoms with Gasteiger partial charge in [0.1, 0.15) is 11.6 Å². The van der Waals surface area contributed by atoms with Gasteiger partial charge in [0.2, 0.25) is 0 Å². The molecular weight excluding hydrogens is 260 g/mol. The number of carbonyl (C=O) groups excluding carboxylic acids is 2. The van der Waals surface area contributed by atoms with Gasteiger partial charge in [0.05, 0.1) is 0 Å². The molecule has 0 saturated carbocycles. The number of hydrogen-bond donors (Lipinski definition) is 1. The third-order valence-electron chi connectivity index (χ3n) is 2.43. The van der Waals surface area contributed by atoms with Gasteiger partial charge in [0.25, 0.3) is 0 Å². The van der Waals surface area contributed by atoms with E-state index in [1.807, 2.05) is 0 Å². The molecule has 0 aromatic rings. The molecule has 0 aromatic heterocycles. The molecular formula is C11H19ClN2O4. The molecule has 0 aromatic carbocycles. The van der Waals surface area contributed by atoms with Crippen molar-refractivity contribution in [3.63, 3.8) is 0 Å². The summed E-state index contributed by atoms with van der Waals surface area (Å²) in [5, 5.41) is 0. The normalized spacial score (nSPS) is 23.9. The van der Waals surface area contributed by atoms with Crippen LogP contribution >= 0.6 is 11.6 Å². The fourth-order valence-corrected chi connectivity index (χ4v) is 1.87. The number of likely N-dealkylation sites (tertiary alicyclic amines) is 1. The molecule has 1 saturated heterocycles. The lowest BCUT2D eigenvalue weighted by atomic mass is 10.2. The van der Waals surface area contributed by atoms with Gasteiger partial charge in [-0.2, -0.15) is 0 Å². The largest absolute Gasteiger partial charge is 0.448 e. The first-order valence-electron chi connectivity index (χ1n) is 5.72. The van der Waals surface area contributed by atoms with Crippen LogP contribution in [0.5, 0.6) is 0 Å². The van der Waals surface area contributed by atoms with Gasteiger partial charge in [-0.1, -0.05) is 11.6 Å². The number of halogens is 1. The van der Waals surface area contributed by atoms with Crippen LogP contribution in [0, 0.1) is 0 Å². The summed E-state index contributed by atoms with van der Waals surface area (Å²) in [6.45, 7) is 5.55. The zero-order chi connectivity index (χ0) is 13.9. The van der Waals surface area contributed by atoms with Crippen molar-refractivity contribution in [2.24, 2.45) is 5.73 Å². The van der Waals surface area contributed by atoms with Crippen LogP contribution in [-0.2, 0) is 14.3 Å². The van der Waals surface area contributed by atoms with Crippen LogP contribution in [0.15, 0.2) is 0 Å². The van der Waals surface area contributed by atoms with Crippen LogP contribution < -0.4 is 5.73 Å². The molecule has 2 atom stereocenters. The maximum Gasteiger partial charge on any atom is 0.411 e. The summed E-state index contributed by atoms with van der Waals surface area (Å²) in [5.74, 6) is -0.552. The average Bonchev–Trinajstić information content (AvgIpc) is 2.58. The Bertz CT molecular complexity index is 329. The molecule has 2 unspecified atom stereocenters. The average molecular weight is 279 g/mol. The van der Waals surface area contributed by atoms with Gasteiger partial charge in [-0.25, -0.2) is 9.59 Å². The zero-order valence-corrected chi connectivity index (χ0v) is 11.6. The molecule has 7 heteroatoms. The monoisotopic (exact) mass is 278 g/mol. The Labute approximate surface area is 111 Å². The second kappa shape index (κ2) is 5.75. The topological polar surface area (TPSA) is 81.9 Å². The van der Waals surface area contributed by atoms with E-state index >= 15 is 0 Å². The highest BCUT2D eigenvalue weighted by Gasteiger charge is 2.41. The first-order chi connectivity index (χ1) is 8.24. The predicted octanol–water partition coefficient (Wildman–Crippen LogP) is 1.06. The van der Waals surface area contributed by atoms with Crippen molar-refractivity contribution in [1.82, 2.24) is 4.90 Å². The Balaban J connectivity index is 2.72. The standard InChI is InChI=1S/C11H19ClN2O4/c1-11(2,3)18-10(16)14-5-7(13)4-8(14)9(15)17-6-12/h7-8H,4-6,13H2,1-3H3. The van der Waals surface area contributed by atoms with Gasteiger partial charge in [0, 0.05) is 12.6 Å². The molecule has 1 heterocycles. The lowest BCUT2D eigenvalue weighted by Gasteiger charge is -2.27. The van der Waals surface area contributed by atoms with Crippen molar-refractivity contribution >= 4 is 23.7 Å². The lowest BCUT2D eigenvalue weighted by Crippen LogP contribution is -2.44. The first kappa shape index (κ1) is 15.0. The molecule has 104 valence electrons. The maximum absolute atomic E-state index is 11.9. The number of rotatable bonds is 2. The molecule has 2 N–H and O–H groups in total. The summed E-state index contributed by atoms with van der Waals surface area (Å²) in [7, 11) is 0. The Kier molecular flexibility index (Phi) is 4.81. The smallest absolute Gasteiger partial charge is 0.411 e. The molecule has 18 heavy (non-hydrogen) atoms. The highest BCUT2D eigenvalue weighted by atomic mass is 35.5. The fraction of sp³-hybridized carbons (Fsp3) is 0.818. The molecule has 6 nitrogen and oxygen atoms in total. The first-order valence-corrected chi connectivity index (χ1v) is 6.26. The molecule has 0 aliphatic carbocycles. The van der Waals surface area contributed by atoms with Crippen LogP contribution in [0.25, 0.3) is 0 Å². The van der Waals surface area contributed by atoms with Gasteiger partial charge < -0.3 is 15.2 Å². The molecule has 1 aliphatic heterocycles. The molecule has 1 rings (SSSR count). The van der Waals surface area contributed by atoms with Crippen molar-refractivity contribution in [2.45, 2.75) is 44.9 Å². The van der Waals surface area contributed by atoms with Crippen LogP contribution in [0.2, 0.25) is 0 Å². The third-order valence-corrected chi connectivity index (χ3v) is 2.54. The number of ether oxygens (including phenoxy) is 2. The lowest BCUT2D eigenvalue weighted by molar-refractivity contribution is -0.146. The van der Waals surface area contributed by atoms with E-state index in [0.29, 0.717) is 6.42 Å². The Morgan fingerprint density at radius 3 is 2.56 bits per heavy atom. The van der Waals surface area contributed by atoms with Crippen molar-refractivity contribution in [2.75, 3.05) is 12.6 Å². The second-order valence-electron chi connectivity index (χ2n) is 5.22. The Morgan fingerprint density at radius 1 is 1.44 bits per heavy atom. The number of hydrogen-bond acceptors (Lipinski definition) is 5. The summed E-state index contributed by atoms with van der Waals surface area (Å²) >= 11 is 5.34. The Morgan fingerprint density at radius 2 is 2.06 bits per heavy atom. The van der Waals surface area contributed by atoms with Crippen LogP contribution in [0.3, 0.4) is 0 Å². The van der Waals surface area contributed by atoms with Gasteiger partial charge >= 0.3 is 12.1 Å². The van der Waals surface area contributed by atoms with Crippen molar-refractivity contribution in [3.05, 3.63) is 0 Å². The number of alkyl halides is 1. The van der Waals surface area contributed by atoms with E-state index in [1.165, 1.54) is 4.90 Å². The number of esters is 1. The SMILES string of the molecule is CC(C)(C)OC(=O)N1CC(N)CC1C(=O)OCCl. The van der Waals surface area contributed by atoms with E-state index in [9.17, 15) is 9.59 Å². The molecule has 1 fully saturated rings. The van der Waals surface area contributed by atoms with Gasteiger partial charge in [-0.15, -0.1) is 0 Å². The fourth-order valence-electron chi connectivity index (χ4n) is 1.76. The number of amides is 1. The summed E-state index contributed by atoms with van der Waals surface area (Å²) in [6.07, 6.45) is -0.207. The van der Waals surface area contributed by atoms with E-state index in [4.69, 9.17) is 26.8 Å². The highest BCUT2D eigenvalue weighted by molar-refractivity contribution is 6.17. The van der Waals surface area contributed by atoms with Crippen molar-refractivity contribution in [1.29, 1.82) is 0 Å². The van der Waals surface area contributed by atoms with E-state index in [-0.39, 0.29) is 18.7 Å². The van der Waals surface area contributed by atoms with Crippen LogP contribution in [0.1, 0.15) is 27.2 Å². The van der Waals surface area contributed by atoms with Crippen LogP contribution in [0.4, 0.5) is 4.79 Å². The van der Waals surface area contributed by atoms with E-state index in [1.54, 1.807) is 20.8 Å². The summed E-state index contributed by atoms with van der Waals surface area (Å²) in [4.78, 5) is 24.9. The third kappa shape index (κ3) is 4.03. The van der Waals surface area contributed by atoms with Gasteiger partial charge in [0.15, 0.2) is 6.07 Å². The van der Waals surface area contributed by atoms with Crippen LogP contribution in [-0.4, -0.2) is 47.3 Å². The van der Waals surface area contributed by atoms with Crippen molar-refractivity contribution in [3.8, 4) is 0 Å². The molecule has 1 aliphatic rings. The highest BCUT2D eigenvalue weighted by Crippen LogP contribution is 2.21. The minimum absolute atomic E-state index is 0.243. The Hall–Kier alpha value is -1.01. The van der Waals surface area contributed by atoms with Gasteiger partial charge in [-0.05, 0) is 27.2 Å². The van der Waals surface area contributed by atoms with Crippen molar-refractivity contribution < 1.29 is 19.1 Å². The minimum Gasteiger partial charge on any atom is -0.448 e. The van der Waals surface area contributed by atoms with E-state index in [0.717, 1.165) is 0 Å². The van der Waals surface area contributed by atoms with Gasteiger partial charge in [-0.3, -0.25) is 4.90 Å². The number of carbonyl (C=O) groups is 2. The maximum atomic E-state index is 11.9.